The lowest BCUT2D eigenvalue weighted by atomic mass is 10.2. The van der Waals surface area contributed by atoms with E-state index in [9.17, 15) is 18.4 Å². The third-order valence-corrected chi connectivity index (χ3v) is 1.83. The number of carbonyl (C=O) groups is 2. The second kappa shape index (κ2) is 6.48. The first-order valence-electron chi connectivity index (χ1n) is 4.97. The Kier molecular flexibility index (Phi) is 4.97. The van der Waals surface area contributed by atoms with E-state index in [4.69, 9.17) is 5.11 Å². The Morgan fingerprint density at radius 1 is 1.39 bits per heavy atom. The highest BCUT2D eigenvalue weighted by atomic mass is 19.3. The van der Waals surface area contributed by atoms with E-state index in [1.165, 1.54) is 18.3 Å². The minimum absolute atomic E-state index is 0.224. The average Bonchev–Trinajstić information content (AvgIpc) is 2.28. The minimum Gasteiger partial charge on any atom is -0.481 e. The molecule has 1 aromatic rings. The highest BCUT2D eigenvalue weighted by Gasteiger charge is 2.07. The van der Waals surface area contributed by atoms with E-state index in [1.54, 1.807) is 0 Å². The molecule has 2 amide bonds. The highest BCUT2D eigenvalue weighted by molar-refractivity contribution is 5.89. The average molecular weight is 259 g/mol. The van der Waals surface area contributed by atoms with Crippen molar-refractivity contribution in [2.24, 2.45) is 0 Å². The van der Waals surface area contributed by atoms with Crippen LogP contribution in [0.4, 0.5) is 19.3 Å². The third kappa shape index (κ3) is 5.19. The van der Waals surface area contributed by atoms with Gasteiger partial charge >= 0.3 is 12.0 Å². The van der Waals surface area contributed by atoms with Gasteiger partial charge in [0.2, 0.25) is 0 Å². The zero-order valence-electron chi connectivity index (χ0n) is 9.19. The molecule has 1 aromatic heterocycles. The van der Waals surface area contributed by atoms with Crippen molar-refractivity contribution >= 4 is 17.7 Å². The number of urea groups is 1. The number of pyridine rings is 1. The molecule has 0 aliphatic heterocycles. The molecule has 3 N–H and O–H groups in total. The second-order valence-corrected chi connectivity index (χ2v) is 3.33. The Labute approximate surface area is 101 Å². The fourth-order valence-electron chi connectivity index (χ4n) is 1.10. The summed E-state index contributed by atoms with van der Waals surface area (Å²) in [6.45, 7) is -0.740. The largest absolute Gasteiger partial charge is 0.481 e. The summed E-state index contributed by atoms with van der Waals surface area (Å²) in [6.07, 6.45) is -1.59. The number of alkyl halides is 2. The zero-order valence-corrected chi connectivity index (χ0v) is 9.19. The lowest BCUT2D eigenvalue weighted by molar-refractivity contribution is -0.136. The normalized spacial score (nSPS) is 10.2. The molecular weight excluding hydrogens is 248 g/mol. The van der Waals surface area contributed by atoms with Crippen molar-refractivity contribution in [3.63, 3.8) is 0 Å². The maximum atomic E-state index is 11.8. The zero-order chi connectivity index (χ0) is 13.5. The lowest BCUT2D eigenvalue weighted by Gasteiger charge is -2.07. The van der Waals surface area contributed by atoms with Crippen molar-refractivity contribution in [3.05, 3.63) is 24.0 Å². The molecule has 0 radical (unpaired) electrons. The SMILES string of the molecule is O=C(O)Cc1ccc(NC(=O)NCC(F)F)cn1. The van der Waals surface area contributed by atoms with E-state index < -0.39 is 25.0 Å². The molecule has 1 rings (SSSR count). The van der Waals surface area contributed by atoms with Crippen LogP contribution in [0.2, 0.25) is 0 Å². The van der Waals surface area contributed by atoms with Gasteiger partial charge in [-0.05, 0) is 12.1 Å². The lowest BCUT2D eigenvalue weighted by Crippen LogP contribution is -2.32. The number of hydrogen-bond acceptors (Lipinski definition) is 3. The van der Waals surface area contributed by atoms with Crippen LogP contribution in [0.25, 0.3) is 0 Å². The van der Waals surface area contributed by atoms with Crippen LogP contribution < -0.4 is 10.6 Å². The van der Waals surface area contributed by atoms with Crippen molar-refractivity contribution in [2.75, 3.05) is 11.9 Å². The number of aromatic nitrogens is 1. The first kappa shape index (κ1) is 13.8. The second-order valence-electron chi connectivity index (χ2n) is 3.33. The van der Waals surface area contributed by atoms with Gasteiger partial charge in [0, 0.05) is 0 Å². The topological polar surface area (TPSA) is 91.3 Å². The smallest absolute Gasteiger partial charge is 0.319 e. The van der Waals surface area contributed by atoms with Crippen molar-refractivity contribution in [2.45, 2.75) is 12.8 Å². The number of nitrogens with zero attached hydrogens (tertiary/aromatic N) is 1. The summed E-state index contributed by atoms with van der Waals surface area (Å²) in [4.78, 5) is 25.3. The molecule has 1 heterocycles. The van der Waals surface area contributed by atoms with E-state index in [2.05, 4.69) is 10.3 Å². The van der Waals surface area contributed by atoms with Crippen LogP contribution in [0.1, 0.15) is 5.69 Å². The Bertz CT molecular complexity index is 423. The van der Waals surface area contributed by atoms with Crippen LogP contribution in [0, 0.1) is 0 Å². The molecule has 0 atom stereocenters. The summed E-state index contributed by atoms with van der Waals surface area (Å²) in [5.41, 5.74) is 0.622. The number of carbonyl (C=O) groups excluding carboxylic acids is 1. The number of halogens is 2. The van der Waals surface area contributed by atoms with Gasteiger partial charge in [-0.25, -0.2) is 13.6 Å². The number of anilines is 1. The van der Waals surface area contributed by atoms with Crippen LogP contribution in [0.3, 0.4) is 0 Å². The molecule has 0 aliphatic rings. The number of carboxylic acid groups (broad SMARTS) is 1. The molecular formula is C10H11F2N3O3. The van der Waals surface area contributed by atoms with Gasteiger partial charge in [0.1, 0.15) is 0 Å². The van der Waals surface area contributed by atoms with Gasteiger partial charge in [0.05, 0.1) is 30.5 Å². The van der Waals surface area contributed by atoms with E-state index in [0.29, 0.717) is 5.69 Å². The summed E-state index contributed by atoms with van der Waals surface area (Å²) in [5, 5.41) is 12.8. The summed E-state index contributed by atoms with van der Waals surface area (Å²) >= 11 is 0. The predicted molar refractivity (Wildman–Crippen MR) is 58.6 cm³/mol. The van der Waals surface area contributed by atoms with Gasteiger partial charge < -0.3 is 15.7 Å². The van der Waals surface area contributed by atoms with Crippen molar-refractivity contribution < 1.29 is 23.5 Å². The fourth-order valence-corrected chi connectivity index (χ4v) is 1.10. The maximum Gasteiger partial charge on any atom is 0.319 e. The first-order valence-corrected chi connectivity index (χ1v) is 4.97. The van der Waals surface area contributed by atoms with Crippen molar-refractivity contribution in [1.82, 2.24) is 10.3 Å². The molecule has 18 heavy (non-hydrogen) atoms. The van der Waals surface area contributed by atoms with Gasteiger partial charge in [0.25, 0.3) is 6.43 Å². The monoisotopic (exact) mass is 259 g/mol. The molecule has 0 unspecified atom stereocenters. The number of carboxylic acids is 1. The number of amides is 2. The summed E-state index contributed by atoms with van der Waals surface area (Å²) < 4.78 is 23.6. The Morgan fingerprint density at radius 3 is 2.61 bits per heavy atom. The summed E-state index contributed by atoms with van der Waals surface area (Å²) in [5.74, 6) is -1.02. The van der Waals surface area contributed by atoms with Gasteiger partial charge in [-0.2, -0.15) is 0 Å². The van der Waals surface area contributed by atoms with Gasteiger partial charge in [0.15, 0.2) is 0 Å². The molecule has 0 aromatic carbocycles. The summed E-state index contributed by atoms with van der Waals surface area (Å²) in [6, 6.07) is 2.09. The third-order valence-electron chi connectivity index (χ3n) is 1.83. The van der Waals surface area contributed by atoms with Crippen LogP contribution in [0.15, 0.2) is 18.3 Å². The van der Waals surface area contributed by atoms with Crippen LogP contribution >= 0.6 is 0 Å². The Morgan fingerprint density at radius 2 is 2.11 bits per heavy atom. The number of nitrogens with one attached hydrogen (secondary N) is 2. The highest BCUT2D eigenvalue weighted by Crippen LogP contribution is 2.06. The molecule has 98 valence electrons. The minimum atomic E-state index is -2.62. The predicted octanol–water partition coefficient (Wildman–Crippen LogP) is 1.10. The molecule has 8 heteroatoms. The Hall–Kier alpha value is -2.25. The molecule has 0 saturated heterocycles. The number of hydrogen-bond donors (Lipinski definition) is 3. The van der Waals surface area contributed by atoms with Gasteiger partial charge in [-0.1, -0.05) is 0 Å². The quantitative estimate of drug-likeness (QED) is 0.738. The number of aliphatic carboxylic acids is 1. The standard InChI is InChI=1S/C10H11F2N3O3/c11-8(12)5-14-10(18)15-7-2-1-6(13-4-7)3-9(16)17/h1-2,4,8H,3,5H2,(H,16,17)(H2,14,15,18). The van der Waals surface area contributed by atoms with Crippen molar-refractivity contribution in [3.8, 4) is 0 Å². The van der Waals surface area contributed by atoms with E-state index >= 15 is 0 Å². The molecule has 0 aliphatic carbocycles. The van der Waals surface area contributed by atoms with E-state index in [-0.39, 0.29) is 12.1 Å². The van der Waals surface area contributed by atoms with E-state index in [0.717, 1.165) is 0 Å². The van der Waals surface area contributed by atoms with Crippen molar-refractivity contribution in [1.29, 1.82) is 0 Å². The van der Waals surface area contributed by atoms with Crippen LogP contribution in [-0.2, 0) is 11.2 Å². The maximum absolute atomic E-state index is 11.8. The molecule has 6 nitrogen and oxygen atoms in total. The van der Waals surface area contributed by atoms with Crippen LogP contribution in [-0.4, -0.2) is 35.1 Å². The molecule has 0 spiro atoms. The fraction of sp³-hybridized carbons (Fsp3) is 0.300. The first-order chi connectivity index (χ1) is 8.47. The van der Waals surface area contributed by atoms with Gasteiger partial charge in [-0.3, -0.25) is 9.78 Å². The summed E-state index contributed by atoms with van der Waals surface area (Å²) in [7, 11) is 0. The molecule has 0 bridgehead atoms. The molecule has 0 saturated carbocycles. The van der Waals surface area contributed by atoms with Crippen LogP contribution in [0.5, 0.6) is 0 Å². The number of rotatable bonds is 5. The van der Waals surface area contributed by atoms with E-state index in [1.807, 2.05) is 5.32 Å². The van der Waals surface area contributed by atoms with Gasteiger partial charge in [-0.15, -0.1) is 0 Å². The molecule has 0 fully saturated rings. The Balaban J connectivity index is 2.48.